The van der Waals surface area contributed by atoms with Crippen LogP contribution in [0.1, 0.15) is 81.7 Å². The van der Waals surface area contributed by atoms with E-state index in [-0.39, 0.29) is 34.3 Å². The summed E-state index contributed by atoms with van der Waals surface area (Å²) in [7, 11) is 1.66. The lowest BCUT2D eigenvalue weighted by atomic mass is 10.1. The fourth-order valence-corrected chi connectivity index (χ4v) is 10.3. The van der Waals surface area contributed by atoms with E-state index in [1.54, 1.807) is 147 Å². The number of fused-ring (bicyclic) bond motifs is 3. The second kappa shape index (κ2) is 29.7. The summed E-state index contributed by atoms with van der Waals surface area (Å²) in [4.78, 5) is 94.7. The summed E-state index contributed by atoms with van der Waals surface area (Å²) in [5, 5.41) is 10.9. The van der Waals surface area contributed by atoms with Gasteiger partial charge >= 0.3 is 0 Å². The molecule has 0 saturated carbocycles. The fourth-order valence-electron chi connectivity index (χ4n) is 10.00. The molecule has 464 valence electrons. The number of nitrogens with one attached hydrogen (secondary N) is 3. The molecule has 12 aromatic rings. The molecule has 3 amide bonds. The number of carbonyl (C=O) groups is 3. The Morgan fingerprint density at radius 2 is 1.00 bits per heavy atom. The number of ether oxygens (including phenoxy) is 1. The summed E-state index contributed by atoms with van der Waals surface area (Å²) in [5.74, 6) is -0.679. The average molecular weight is 1270 g/mol. The maximum atomic E-state index is 13.1. The Morgan fingerprint density at radius 1 is 0.533 bits per heavy atom. The van der Waals surface area contributed by atoms with E-state index >= 15 is 0 Å². The number of hydrogen-bond acceptors (Lipinski definition) is 12. The van der Waals surface area contributed by atoms with Crippen molar-refractivity contribution in [2.45, 2.75) is 66.5 Å². The van der Waals surface area contributed by atoms with Gasteiger partial charge in [-0.2, -0.15) is 0 Å². The first-order chi connectivity index (χ1) is 44.5. The second-order valence-electron chi connectivity index (χ2n) is 21.5. The van der Waals surface area contributed by atoms with Crippen molar-refractivity contribution in [2.24, 2.45) is 0 Å². The summed E-state index contributed by atoms with van der Waals surface area (Å²) in [5.41, 5.74) is 9.17. The van der Waals surface area contributed by atoms with Crippen molar-refractivity contribution in [1.82, 2.24) is 44.3 Å². The first kappa shape index (κ1) is 64.3. The predicted molar refractivity (Wildman–Crippen MR) is 354 cm³/mol. The molecule has 0 spiro atoms. The lowest BCUT2D eigenvalue weighted by Crippen LogP contribution is -2.25. The number of benzene rings is 4. The number of aromatic nitrogens is 7. The van der Waals surface area contributed by atoms with E-state index in [0.29, 0.717) is 134 Å². The second-order valence-corrected chi connectivity index (χ2v) is 22.4. The zero-order valence-corrected chi connectivity index (χ0v) is 52.0. The third-order valence-electron chi connectivity index (χ3n) is 15.0. The van der Waals surface area contributed by atoms with Crippen LogP contribution in [0.25, 0.3) is 32.7 Å². The third-order valence-corrected chi connectivity index (χ3v) is 15.5. The molecule has 0 bridgehead atoms. The van der Waals surface area contributed by atoms with Gasteiger partial charge in [0.15, 0.2) is 0 Å². The Kier molecular flexibility index (Phi) is 20.8. The number of furan rings is 1. The van der Waals surface area contributed by atoms with Crippen molar-refractivity contribution < 1.29 is 27.9 Å². The van der Waals surface area contributed by atoms with Gasteiger partial charge in [0, 0.05) is 73.5 Å². The zero-order chi connectivity index (χ0) is 64.8. The minimum Gasteiger partial charge on any atom is -0.467 e. The van der Waals surface area contributed by atoms with Crippen molar-refractivity contribution in [1.29, 1.82) is 0 Å². The number of amides is 3. The van der Waals surface area contributed by atoms with Gasteiger partial charge in [-0.25, -0.2) is 4.39 Å². The number of pyridine rings is 7. The average Bonchev–Trinajstić information content (AvgIpc) is 0.862. The highest BCUT2D eigenvalue weighted by Gasteiger charge is 2.18. The molecule has 0 aliphatic heterocycles. The SMILES string of the molecule is COCc1ccc(CCn2ccc3nc(C)c(C(=O)Nc4ccc(F)cc4)cc3c2=O)cc1.Cc1nc2ccn(Cc3cccnc3)c(=O)c2cc1C(=O)NCc1ccc(Cl)cc1.Cc1nc2ccn(Cc3ccco3)c(=O)c2cc1C(=O)NCc1ccc(Cl)cc1. The molecule has 8 heterocycles. The molecule has 0 aliphatic carbocycles. The minimum absolute atomic E-state index is 0.199. The summed E-state index contributed by atoms with van der Waals surface area (Å²) in [6.45, 7) is 7.72. The van der Waals surface area contributed by atoms with Crippen molar-refractivity contribution in [3.05, 3.63) is 309 Å². The summed E-state index contributed by atoms with van der Waals surface area (Å²) in [6.07, 6.45) is 10.8. The van der Waals surface area contributed by atoms with Gasteiger partial charge < -0.3 is 38.8 Å². The van der Waals surface area contributed by atoms with Gasteiger partial charge in [0.1, 0.15) is 11.6 Å². The van der Waals surface area contributed by atoms with Gasteiger partial charge in [0.05, 0.1) is 92.4 Å². The molecule has 0 atom stereocenters. The number of nitrogens with zero attached hydrogens (tertiary/aromatic N) is 7. The number of methoxy groups -OCH3 is 1. The van der Waals surface area contributed by atoms with Gasteiger partial charge in [-0.15, -0.1) is 0 Å². The number of hydrogen-bond donors (Lipinski definition) is 3. The van der Waals surface area contributed by atoms with Crippen molar-refractivity contribution in [3.63, 3.8) is 0 Å². The maximum absolute atomic E-state index is 13.1. The minimum atomic E-state index is -0.403. The third kappa shape index (κ3) is 16.2. The molecule has 0 unspecified atom stereocenters. The fraction of sp³-hybridized carbons (Fsp3) is 0.155. The predicted octanol–water partition coefficient (Wildman–Crippen LogP) is 12.1. The van der Waals surface area contributed by atoms with E-state index in [4.69, 9.17) is 32.4 Å². The van der Waals surface area contributed by atoms with Crippen molar-refractivity contribution in [2.75, 3.05) is 12.4 Å². The number of halogens is 3. The van der Waals surface area contributed by atoms with Gasteiger partial charge in [0.2, 0.25) is 0 Å². The molecular weight excluding hydrogens is 1210 g/mol. The monoisotopic (exact) mass is 1270 g/mol. The Bertz CT molecular complexity index is 4820. The molecule has 12 rings (SSSR count). The van der Waals surface area contributed by atoms with E-state index in [2.05, 4.69) is 35.9 Å². The van der Waals surface area contributed by atoms with E-state index in [1.165, 1.54) is 28.8 Å². The molecular formula is C71H61Cl2FN10O8. The zero-order valence-electron chi connectivity index (χ0n) is 50.5. The standard InChI is InChI=1S/C26H24FN3O3.C23H19ClN4O2.C22H18ClN3O3/c1-17-22(25(31)29-21-9-7-20(27)8-10-21)15-23-24(28-17)12-14-30(26(23)32)13-11-18-3-5-19(6-4-18)16-33-2;1-15-19(22(29)26-13-16-4-6-18(24)7-5-16)11-20-21(27-15)8-10-28(23(20)30)14-17-3-2-9-25-12-17;1-14-18(21(27)24-12-15-4-6-16(23)7-5-15)11-19-20(25-14)8-9-26(22(19)28)13-17-3-2-10-29-17/h3-10,12,14-15H,11,13,16H2,1-2H3,(H,29,31);2-12H,13-14H2,1H3,(H,26,29);2-11H,12-13H2,1H3,(H,24,27). The summed E-state index contributed by atoms with van der Waals surface area (Å²) >= 11 is 11.8. The number of carbonyl (C=O) groups excluding carboxylic acids is 3. The maximum Gasteiger partial charge on any atom is 0.260 e. The molecule has 0 saturated heterocycles. The molecule has 0 radical (unpaired) electrons. The Balaban J connectivity index is 0.000000152. The van der Waals surface area contributed by atoms with Gasteiger partial charge in [-0.3, -0.25) is 48.7 Å². The van der Waals surface area contributed by atoms with E-state index in [9.17, 15) is 33.2 Å². The van der Waals surface area contributed by atoms with Crippen LogP contribution in [0.15, 0.2) is 214 Å². The molecule has 0 fully saturated rings. The first-order valence-corrected chi connectivity index (χ1v) is 29.8. The Hall–Kier alpha value is -10.7. The number of rotatable bonds is 17. The van der Waals surface area contributed by atoms with Crippen LogP contribution in [0.4, 0.5) is 10.1 Å². The van der Waals surface area contributed by atoms with Gasteiger partial charge in [-0.1, -0.05) is 77.8 Å². The lowest BCUT2D eigenvalue weighted by molar-refractivity contribution is 0.0942. The highest BCUT2D eigenvalue weighted by atomic mass is 35.5. The molecule has 4 aromatic carbocycles. The number of aryl methyl sites for hydroxylation is 5. The Morgan fingerprint density at radius 3 is 1.48 bits per heavy atom. The van der Waals surface area contributed by atoms with E-state index in [0.717, 1.165) is 27.8 Å². The van der Waals surface area contributed by atoms with Gasteiger partial charge in [0.25, 0.3) is 34.4 Å². The largest absolute Gasteiger partial charge is 0.467 e. The van der Waals surface area contributed by atoms with Crippen LogP contribution in [-0.4, -0.2) is 58.5 Å². The van der Waals surface area contributed by atoms with Crippen LogP contribution < -0.4 is 32.6 Å². The summed E-state index contributed by atoms with van der Waals surface area (Å²) < 4.78 is 28.3. The highest BCUT2D eigenvalue weighted by Crippen LogP contribution is 2.20. The molecule has 18 nitrogen and oxygen atoms in total. The first-order valence-electron chi connectivity index (χ1n) is 29.1. The topological polar surface area (TPSA) is 227 Å². The van der Waals surface area contributed by atoms with E-state index < -0.39 is 5.91 Å². The van der Waals surface area contributed by atoms with Crippen molar-refractivity contribution >= 4 is 79.3 Å². The molecule has 0 aliphatic rings. The van der Waals surface area contributed by atoms with Crippen LogP contribution in [0.2, 0.25) is 10.0 Å². The molecule has 21 heteroatoms. The normalized spacial score (nSPS) is 10.9. The van der Waals surface area contributed by atoms with Crippen LogP contribution in [0.5, 0.6) is 0 Å². The highest BCUT2D eigenvalue weighted by molar-refractivity contribution is 6.30. The summed E-state index contributed by atoms with van der Waals surface area (Å²) in [6, 6.07) is 45.5. The Labute approximate surface area is 537 Å². The van der Waals surface area contributed by atoms with Crippen LogP contribution in [0.3, 0.4) is 0 Å². The molecule has 3 N–H and O–H groups in total. The smallest absolute Gasteiger partial charge is 0.260 e. The number of anilines is 1. The van der Waals surface area contributed by atoms with Crippen molar-refractivity contribution in [3.8, 4) is 0 Å². The molecule has 8 aromatic heterocycles. The quantitative estimate of drug-likeness (QED) is 0.0774. The molecule has 92 heavy (non-hydrogen) atoms. The van der Waals surface area contributed by atoms with Crippen LogP contribution >= 0.6 is 23.2 Å². The van der Waals surface area contributed by atoms with Crippen LogP contribution in [-0.2, 0) is 50.5 Å². The lowest BCUT2D eigenvalue weighted by Gasteiger charge is -2.11. The van der Waals surface area contributed by atoms with Crippen LogP contribution in [0, 0.1) is 26.6 Å². The van der Waals surface area contributed by atoms with Gasteiger partial charge in [-0.05, 0) is 158 Å². The van der Waals surface area contributed by atoms with E-state index in [1.807, 2.05) is 60.7 Å².